The van der Waals surface area contributed by atoms with Crippen LogP contribution in [0.3, 0.4) is 0 Å². The number of halogens is 1. The zero-order valence-electron chi connectivity index (χ0n) is 11.2. The van der Waals surface area contributed by atoms with Crippen molar-refractivity contribution in [2.24, 2.45) is 28.9 Å². The van der Waals surface area contributed by atoms with Crippen LogP contribution in [0.4, 0.5) is 0 Å². The van der Waals surface area contributed by atoms with Gasteiger partial charge in [-0.2, -0.15) is 0 Å². The number of hydrogen-bond acceptors (Lipinski definition) is 3. The first kappa shape index (κ1) is 14.6. The molecule has 0 unspecified atom stereocenters. The Hall–Kier alpha value is -0.810. The molecule has 0 aromatic carbocycles. The molecule has 0 radical (unpaired) electrons. The Bertz CT molecular complexity index is 422. The van der Waals surface area contributed by atoms with Crippen molar-refractivity contribution in [3.63, 3.8) is 0 Å². The number of fused-ring (bicyclic) bond motifs is 1. The summed E-state index contributed by atoms with van der Waals surface area (Å²) in [5, 5.41) is 9.36. The largest absolute Gasteiger partial charge is 0.480 e. The highest BCUT2D eigenvalue weighted by Crippen LogP contribution is 2.64. The highest BCUT2D eigenvalue weighted by Gasteiger charge is 2.69. The molecule has 1 aliphatic heterocycles. The Morgan fingerprint density at radius 2 is 1.95 bits per heavy atom. The van der Waals surface area contributed by atoms with E-state index in [-0.39, 0.29) is 35.6 Å². The van der Waals surface area contributed by atoms with Crippen LogP contribution in [0, 0.1) is 23.2 Å². The van der Waals surface area contributed by atoms with Crippen LogP contribution >= 0.6 is 12.4 Å². The van der Waals surface area contributed by atoms with Crippen LogP contribution in [0.2, 0.25) is 0 Å². The summed E-state index contributed by atoms with van der Waals surface area (Å²) in [4.78, 5) is 25.2. The van der Waals surface area contributed by atoms with Gasteiger partial charge in [-0.15, -0.1) is 12.4 Å². The van der Waals surface area contributed by atoms with E-state index in [9.17, 15) is 14.7 Å². The molecule has 0 bridgehead atoms. The van der Waals surface area contributed by atoms with Gasteiger partial charge in [0.1, 0.15) is 6.04 Å². The van der Waals surface area contributed by atoms with E-state index in [2.05, 4.69) is 13.8 Å². The molecule has 1 saturated heterocycles. The normalized spacial score (nSPS) is 36.2. The van der Waals surface area contributed by atoms with Crippen molar-refractivity contribution in [2.75, 3.05) is 6.54 Å². The Morgan fingerprint density at radius 3 is 2.42 bits per heavy atom. The predicted molar refractivity (Wildman–Crippen MR) is 71.8 cm³/mol. The molecule has 1 heterocycles. The van der Waals surface area contributed by atoms with Crippen LogP contribution in [0.5, 0.6) is 0 Å². The van der Waals surface area contributed by atoms with E-state index in [0.717, 1.165) is 12.8 Å². The minimum Gasteiger partial charge on any atom is -0.480 e. The van der Waals surface area contributed by atoms with Crippen molar-refractivity contribution < 1.29 is 14.7 Å². The summed E-state index contributed by atoms with van der Waals surface area (Å²) in [7, 11) is 0. The highest BCUT2D eigenvalue weighted by molar-refractivity contribution is 5.89. The van der Waals surface area contributed by atoms with Crippen LogP contribution in [0.15, 0.2) is 0 Å². The fourth-order valence-electron chi connectivity index (χ4n) is 3.64. The summed E-state index contributed by atoms with van der Waals surface area (Å²) in [5.41, 5.74) is 5.97. The van der Waals surface area contributed by atoms with E-state index >= 15 is 0 Å². The first-order valence-electron chi connectivity index (χ1n) is 6.64. The van der Waals surface area contributed by atoms with Crippen LogP contribution in [0.25, 0.3) is 0 Å². The summed E-state index contributed by atoms with van der Waals surface area (Å²) in [6, 6.07) is -1.16. The Labute approximate surface area is 118 Å². The number of piperidine rings is 1. The minimum absolute atomic E-state index is 0. The lowest BCUT2D eigenvalue weighted by molar-refractivity contribution is -0.151. The average molecular weight is 289 g/mol. The number of likely N-dealkylation sites (tertiary alicyclic amines) is 1. The third kappa shape index (κ3) is 2.03. The summed E-state index contributed by atoms with van der Waals surface area (Å²) in [5.74, 6) is -0.339. The van der Waals surface area contributed by atoms with Gasteiger partial charge in [-0.25, -0.2) is 4.79 Å². The molecule has 5 nitrogen and oxygen atoms in total. The first-order chi connectivity index (χ1) is 8.35. The van der Waals surface area contributed by atoms with Gasteiger partial charge in [-0.3, -0.25) is 4.79 Å². The molecule has 19 heavy (non-hydrogen) atoms. The molecule has 3 fully saturated rings. The number of aliphatic carboxylic acids is 1. The standard InChI is InChI=1S/C13H20N2O3.ClH/c1-13(2)7-5-15(10(8(7)13)12(17)18)11(16)9(14)6-3-4-6;/h6-10H,3-5,14H2,1-2H3,(H,17,18);1H/t7-,8-,9-,10-;/m0./s1. The summed E-state index contributed by atoms with van der Waals surface area (Å²) in [6.07, 6.45) is 1.99. The molecule has 3 aliphatic rings. The fourth-order valence-corrected chi connectivity index (χ4v) is 3.64. The lowest BCUT2D eigenvalue weighted by atomic mass is 10.00. The van der Waals surface area contributed by atoms with E-state index in [4.69, 9.17) is 5.73 Å². The predicted octanol–water partition coefficient (Wildman–Crippen LogP) is 0.713. The Balaban J connectivity index is 0.00000133. The number of nitrogens with two attached hydrogens (primary N) is 1. The number of carboxylic acid groups (broad SMARTS) is 1. The van der Waals surface area contributed by atoms with E-state index in [0.29, 0.717) is 12.5 Å². The average Bonchev–Trinajstić information content (AvgIpc) is 3.15. The zero-order valence-corrected chi connectivity index (χ0v) is 12.0. The SMILES string of the molecule is CC1(C)[C@@H]2[C@@H](C(=O)O)N(C(=O)[C@@H](N)C3CC3)C[C@@H]21.Cl. The molecule has 2 aliphatic carbocycles. The first-order valence-corrected chi connectivity index (χ1v) is 6.64. The fraction of sp³-hybridized carbons (Fsp3) is 0.846. The van der Waals surface area contributed by atoms with Gasteiger partial charge in [0.2, 0.25) is 5.91 Å². The van der Waals surface area contributed by atoms with Gasteiger partial charge >= 0.3 is 5.97 Å². The molecule has 0 spiro atoms. The van der Waals surface area contributed by atoms with Crippen LogP contribution in [-0.4, -0.2) is 40.5 Å². The highest BCUT2D eigenvalue weighted by atomic mass is 35.5. The lowest BCUT2D eigenvalue weighted by Crippen LogP contribution is -2.52. The van der Waals surface area contributed by atoms with Crippen molar-refractivity contribution in [3.05, 3.63) is 0 Å². The number of nitrogens with zero attached hydrogens (tertiary/aromatic N) is 1. The Kier molecular flexibility index (Phi) is 3.34. The molecule has 3 N–H and O–H groups in total. The van der Waals surface area contributed by atoms with E-state index < -0.39 is 18.1 Å². The molecule has 0 aromatic heterocycles. The number of carboxylic acids is 1. The van der Waals surface area contributed by atoms with Gasteiger partial charge in [-0.05, 0) is 30.1 Å². The maximum atomic E-state index is 12.3. The quantitative estimate of drug-likeness (QED) is 0.801. The Morgan fingerprint density at radius 1 is 1.37 bits per heavy atom. The summed E-state index contributed by atoms with van der Waals surface area (Å²) in [6.45, 7) is 4.73. The maximum Gasteiger partial charge on any atom is 0.326 e. The molecule has 6 heteroatoms. The molecular formula is C13H21ClN2O3. The van der Waals surface area contributed by atoms with Crippen molar-refractivity contribution in [3.8, 4) is 0 Å². The van der Waals surface area contributed by atoms with Crippen molar-refractivity contribution >= 4 is 24.3 Å². The third-order valence-electron chi connectivity index (χ3n) is 5.16. The minimum atomic E-state index is -0.885. The van der Waals surface area contributed by atoms with Crippen LogP contribution in [0.1, 0.15) is 26.7 Å². The second kappa shape index (κ2) is 4.35. The molecule has 1 amide bonds. The zero-order chi connectivity index (χ0) is 13.2. The number of carbonyl (C=O) groups excluding carboxylic acids is 1. The second-order valence-corrected chi connectivity index (χ2v) is 6.59. The molecule has 0 aromatic rings. The number of hydrogen-bond donors (Lipinski definition) is 2. The smallest absolute Gasteiger partial charge is 0.326 e. The molecule has 3 rings (SSSR count). The van der Waals surface area contributed by atoms with Gasteiger partial charge in [0.25, 0.3) is 0 Å². The van der Waals surface area contributed by atoms with Gasteiger partial charge in [-0.1, -0.05) is 13.8 Å². The van der Waals surface area contributed by atoms with Crippen LogP contribution in [-0.2, 0) is 9.59 Å². The van der Waals surface area contributed by atoms with E-state index in [1.54, 1.807) is 0 Å². The topological polar surface area (TPSA) is 83.6 Å². The number of carbonyl (C=O) groups is 2. The third-order valence-corrected chi connectivity index (χ3v) is 5.16. The molecule has 4 atom stereocenters. The van der Waals surface area contributed by atoms with Crippen molar-refractivity contribution in [1.82, 2.24) is 4.90 Å². The summed E-state index contributed by atoms with van der Waals surface area (Å²) < 4.78 is 0. The maximum absolute atomic E-state index is 12.3. The monoisotopic (exact) mass is 288 g/mol. The second-order valence-electron chi connectivity index (χ2n) is 6.59. The molecule has 2 saturated carbocycles. The van der Waals surface area contributed by atoms with Gasteiger partial charge in [0, 0.05) is 12.5 Å². The van der Waals surface area contributed by atoms with Gasteiger partial charge < -0.3 is 15.7 Å². The number of amides is 1. The summed E-state index contributed by atoms with van der Waals surface area (Å²) >= 11 is 0. The van der Waals surface area contributed by atoms with Gasteiger partial charge in [0.05, 0.1) is 6.04 Å². The van der Waals surface area contributed by atoms with Crippen molar-refractivity contribution in [2.45, 2.75) is 38.8 Å². The van der Waals surface area contributed by atoms with E-state index in [1.807, 2.05) is 0 Å². The molecule has 108 valence electrons. The number of rotatable bonds is 3. The van der Waals surface area contributed by atoms with Crippen LogP contribution < -0.4 is 5.73 Å². The molecular weight excluding hydrogens is 268 g/mol. The van der Waals surface area contributed by atoms with Gasteiger partial charge in [0.15, 0.2) is 0 Å². The van der Waals surface area contributed by atoms with E-state index in [1.165, 1.54) is 4.90 Å². The lowest BCUT2D eigenvalue weighted by Gasteiger charge is -2.30. The van der Waals surface area contributed by atoms with Crippen molar-refractivity contribution in [1.29, 1.82) is 0 Å².